The van der Waals surface area contributed by atoms with Crippen LogP contribution in [-0.2, 0) is 34.2 Å². The Morgan fingerprint density at radius 1 is 1.00 bits per heavy atom. The van der Waals surface area contributed by atoms with E-state index < -0.39 is 10.0 Å². The summed E-state index contributed by atoms with van der Waals surface area (Å²) in [6.07, 6.45) is 2.76. The molecule has 0 spiro atoms. The van der Waals surface area contributed by atoms with Crippen LogP contribution in [0.15, 0.2) is 77.7 Å². The average molecular weight is 464 g/mol. The zero-order valence-corrected chi connectivity index (χ0v) is 19.6. The number of nitrogens with two attached hydrogens (primary N) is 1. The van der Waals surface area contributed by atoms with Gasteiger partial charge in [0.2, 0.25) is 5.91 Å². The molecule has 33 heavy (non-hydrogen) atoms. The SMILES string of the molecule is CN(c1ccc2c(c1)CCCN2C(=O)CCc1ccc(CN)cc1)S(=O)(=O)c1ccccc1. The van der Waals surface area contributed by atoms with Crippen LogP contribution in [0.5, 0.6) is 0 Å². The lowest BCUT2D eigenvalue weighted by atomic mass is 10.00. The minimum atomic E-state index is -3.65. The molecule has 0 atom stereocenters. The second kappa shape index (κ2) is 9.77. The second-order valence-electron chi connectivity index (χ2n) is 8.27. The fourth-order valence-electron chi connectivity index (χ4n) is 4.16. The minimum Gasteiger partial charge on any atom is -0.326 e. The van der Waals surface area contributed by atoms with Gasteiger partial charge in [-0.15, -0.1) is 0 Å². The van der Waals surface area contributed by atoms with E-state index in [2.05, 4.69) is 0 Å². The molecule has 1 aliphatic heterocycles. The van der Waals surface area contributed by atoms with Crippen molar-refractivity contribution >= 4 is 27.3 Å². The molecule has 7 heteroatoms. The third-order valence-corrected chi connectivity index (χ3v) is 7.93. The number of carbonyl (C=O) groups is 1. The fourth-order valence-corrected chi connectivity index (χ4v) is 5.36. The molecule has 3 aromatic carbocycles. The number of rotatable bonds is 7. The van der Waals surface area contributed by atoms with Gasteiger partial charge in [-0.05, 0) is 66.3 Å². The molecule has 0 fully saturated rings. The summed E-state index contributed by atoms with van der Waals surface area (Å²) in [6, 6.07) is 22.0. The summed E-state index contributed by atoms with van der Waals surface area (Å²) in [5.74, 6) is 0.0804. The Labute approximate surface area is 195 Å². The van der Waals surface area contributed by atoms with Gasteiger partial charge in [0.05, 0.1) is 10.6 Å². The van der Waals surface area contributed by atoms with Gasteiger partial charge in [-0.2, -0.15) is 0 Å². The molecule has 1 amide bonds. The second-order valence-corrected chi connectivity index (χ2v) is 10.2. The lowest BCUT2D eigenvalue weighted by molar-refractivity contribution is -0.118. The first-order valence-corrected chi connectivity index (χ1v) is 12.6. The number of fused-ring (bicyclic) bond motifs is 1. The summed E-state index contributed by atoms with van der Waals surface area (Å²) >= 11 is 0. The number of sulfonamides is 1. The molecule has 6 nitrogen and oxygen atoms in total. The highest BCUT2D eigenvalue weighted by molar-refractivity contribution is 7.92. The number of hydrogen-bond acceptors (Lipinski definition) is 4. The van der Waals surface area contributed by atoms with Gasteiger partial charge in [-0.25, -0.2) is 8.42 Å². The van der Waals surface area contributed by atoms with Crippen molar-refractivity contribution in [2.45, 2.75) is 37.1 Å². The molecule has 0 saturated carbocycles. The highest BCUT2D eigenvalue weighted by Crippen LogP contribution is 2.33. The Kier molecular flexibility index (Phi) is 6.81. The number of amides is 1. The predicted molar refractivity (Wildman–Crippen MR) is 132 cm³/mol. The molecule has 1 aliphatic rings. The molecule has 4 rings (SSSR count). The Bertz CT molecular complexity index is 1230. The maximum absolute atomic E-state index is 13.0. The van der Waals surface area contributed by atoms with Crippen molar-refractivity contribution in [3.8, 4) is 0 Å². The van der Waals surface area contributed by atoms with Crippen molar-refractivity contribution < 1.29 is 13.2 Å². The summed E-state index contributed by atoms with van der Waals surface area (Å²) in [7, 11) is -2.09. The van der Waals surface area contributed by atoms with Crippen molar-refractivity contribution in [2.24, 2.45) is 5.73 Å². The van der Waals surface area contributed by atoms with Crippen molar-refractivity contribution in [3.63, 3.8) is 0 Å². The Hall–Kier alpha value is -3.16. The van der Waals surface area contributed by atoms with E-state index >= 15 is 0 Å². The molecule has 0 radical (unpaired) electrons. The van der Waals surface area contributed by atoms with Crippen molar-refractivity contribution in [2.75, 3.05) is 22.8 Å². The average Bonchev–Trinajstić information content (AvgIpc) is 2.86. The van der Waals surface area contributed by atoms with E-state index in [1.165, 1.54) is 4.31 Å². The lowest BCUT2D eigenvalue weighted by Crippen LogP contribution is -2.36. The van der Waals surface area contributed by atoms with Crippen LogP contribution in [0.25, 0.3) is 0 Å². The Morgan fingerprint density at radius 2 is 1.70 bits per heavy atom. The number of nitrogens with zero attached hydrogens (tertiary/aromatic N) is 2. The molecular weight excluding hydrogens is 434 g/mol. The smallest absolute Gasteiger partial charge is 0.264 e. The molecule has 172 valence electrons. The van der Waals surface area contributed by atoms with E-state index in [1.54, 1.807) is 43.4 Å². The van der Waals surface area contributed by atoms with Crippen LogP contribution in [0, 0.1) is 0 Å². The Morgan fingerprint density at radius 3 is 2.39 bits per heavy atom. The normalized spacial score (nSPS) is 13.5. The van der Waals surface area contributed by atoms with E-state index in [0.717, 1.165) is 35.2 Å². The topological polar surface area (TPSA) is 83.7 Å². The van der Waals surface area contributed by atoms with Crippen molar-refractivity contribution in [3.05, 3.63) is 89.5 Å². The summed E-state index contributed by atoms with van der Waals surface area (Å²) in [5, 5.41) is 0. The Balaban J connectivity index is 1.50. The minimum absolute atomic E-state index is 0.0804. The van der Waals surface area contributed by atoms with E-state index in [-0.39, 0.29) is 10.8 Å². The third kappa shape index (κ3) is 4.94. The van der Waals surface area contributed by atoms with Gasteiger partial charge in [0.25, 0.3) is 10.0 Å². The predicted octanol–water partition coefficient (Wildman–Crippen LogP) is 3.88. The standard InChI is InChI=1S/C26H29N3O3S/c1-28(33(31,32)24-7-3-2-4-8-24)23-14-15-25-22(18-23)6-5-17-29(25)26(30)16-13-20-9-11-21(19-27)12-10-20/h2-4,7-12,14-15,18H,5-6,13,16-17,19,27H2,1H3. The van der Waals surface area contributed by atoms with Crippen LogP contribution in [0.1, 0.15) is 29.5 Å². The zero-order valence-electron chi connectivity index (χ0n) is 18.8. The van der Waals surface area contributed by atoms with Gasteiger partial charge >= 0.3 is 0 Å². The number of hydrogen-bond donors (Lipinski definition) is 1. The number of anilines is 2. The fraction of sp³-hybridized carbons (Fsp3) is 0.269. The van der Waals surface area contributed by atoms with E-state index in [9.17, 15) is 13.2 Å². The largest absolute Gasteiger partial charge is 0.326 e. The van der Waals surface area contributed by atoms with Crippen molar-refractivity contribution in [1.29, 1.82) is 0 Å². The highest BCUT2D eigenvalue weighted by Gasteiger charge is 2.25. The van der Waals surface area contributed by atoms with Crippen LogP contribution in [-0.4, -0.2) is 27.9 Å². The summed E-state index contributed by atoms with van der Waals surface area (Å²) in [6.45, 7) is 1.18. The molecule has 2 N–H and O–H groups in total. The first-order valence-electron chi connectivity index (χ1n) is 11.2. The molecule has 0 unspecified atom stereocenters. The van der Waals surface area contributed by atoms with Crippen LogP contribution in [0.3, 0.4) is 0 Å². The van der Waals surface area contributed by atoms with Gasteiger partial charge in [0, 0.05) is 32.2 Å². The molecule has 0 aliphatic carbocycles. The van der Waals surface area contributed by atoms with E-state index in [0.29, 0.717) is 31.6 Å². The zero-order chi connectivity index (χ0) is 23.4. The molecule has 3 aromatic rings. The summed E-state index contributed by atoms with van der Waals surface area (Å²) in [4.78, 5) is 15.1. The first kappa shape index (κ1) is 23.0. The maximum atomic E-state index is 13.0. The number of benzene rings is 3. The quantitative estimate of drug-likeness (QED) is 0.576. The lowest BCUT2D eigenvalue weighted by Gasteiger charge is -2.31. The van der Waals surface area contributed by atoms with Crippen LogP contribution in [0.4, 0.5) is 11.4 Å². The molecule has 0 bridgehead atoms. The number of carbonyl (C=O) groups excluding carboxylic acids is 1. The van der Waals surface area contributed by atoms with E-state index in [4.69, 9.17) is 5.73 Å². The third-order valence-electron chi connectivity index (χ3n) is 6.13. The van der Waals surface area contributed by atoms with E-state index in [1.807, 2.05) is 41.3 Å². The van der Waals surface area contributed by atoms with Gasteiger partial charge in [0.1, 0.15) is 0 Å². The van der Waals surface area contributed by atoms with Gasteiger partial charge < -0.3 is 10.6 Å². The number of aryl methyl sites for hydroxylation is 2. The van der Waals surface area contributed by atoms with Crippen LogP contribution in [0.2, 0.25) is 0 Å². The molecule has 1 heterocycles. The molecule has 0 saturated heterocycles. The summed E-state index contributed by atoms with van der Waals surface area (Å²) < 4.78 is 27.3. The maximum Gasteiger partial charge on any atom is 0.264 e. The van der Waals surface area contributed by atoms with Crippen LogP contribution >= 0.6 is 0 Å². The molecular formula is C26H29N3O3S. The first-order chi connectivity index (χ1) is 15.9. The van der Waals surface area contributed by atoms with Gasteiger partial charge in [0.15, 0.2) is 0 Å². The van der Waals surface area contributed by atoms with Crippen molar-refractivity contribution in [1.82, 2.24) is 0 Å². The van der Waals surface area contributed by atoms with Gasteiger partial charge in [-0.1, -0.05) is 42.5 Å². The van der Waals surface area contributed by atoms with Gasteiger partial charge in [-0.3, -0.25) is 9.10 Å². The summed E-state index contributed by atoms with van der Waals surface area (Å²) in [5.41, 5.74) is 10.3. The molecule has 0 aromatic heterocycles. The highest BCUT2D eigenvalue weighted by atomic mass is 32.2. The monoisotopic (exact) mass is 463 g/mol. The van der Waals surface area contributed by atoms with Crippen LogP contribution < -0.4 is 14.9 Å².